The maximum absolute atomic E-state index is 15.1. The Bertz CT molecular complexity index is 2210. The predicted molar refractivity (Wildman–Crippen MR) is 187 cm³/mol. The molecule has 0 unspecified atom stereocenters. The molecule has 9 nitrogen and oxygen atoms in total. The molecule has 2 N–H and O–H groups in total. The predicted octanol–water partition coefficient (Wildman–Crippen LogP) is 6.13. The molecule has 4 aromatic rings. The summed E-state index contributed by atoms with van der Waals surface area (Å²) in [5, 5.41) is 21.2. The molecule has 6 atom stereocenters. The van der Waals surface area contributed by atoms with E-state index in [1.807, 2.05) is 42.5 Å². The summed E-state index contributed by atoms with van der Waals surface area (Å²) in [6.07, 6.45) is 3.62. The van der Waals surface area contributed by atoms with Crippen molar-refractivity contribution in [3.05, 3.63) is 143 Å². The van der Waals surface area contributed by atoms with Crippen molar-refractivity contribution in [1.82, 2.24) is 0 Å². The number of ether oxygens (including phenoxy) is 1. The lowest BCUT2D eigenvalue weighted by molar-refractivity contribution is -0.135. The van der Waals surface area contributed by atoms with Crippen LogP contribution in [0.15, 0.2) is 121 Å². The van der Waals surface area contributed by atoms with Crippen LogP contribution in [0, 0.1) is 23.7 Å². The quantitative estimate of drug-likeness (QED) is 0.184. The summed E-state index contributed by atoms with van der Waals surface area (Å²) in [7, 11) is 1.50. The van der Waals surface area contributed by atoms with E-state index in [9.17, 15) is 24.6 Å². The van der Waals surface area contributed by atoms with Gasteiger partial charge in [0.15, 0.2) is 11.6 Å². The number of carboxylic acid groups (broad SMARTS) is 1. The van der Waals surface area contributed by atoms with Gasteiger partial charge < -0.3 is 14.9 Å². The fourth-order valence-corrected chi connectivity index (χ4v) is 9.14. The van der Waals surface area contributed by atoms with Gasteiger partial charge in [-0.1, -0.05) is 78.4 Å². The van der Waals surface area contributed by atoms with Gasteiger partial charge in [0.25, 0.3) is 0 Å². The van der Waals surface area contributed by atoms with Gasteiger partial charge in [-0.2, -0.15) is 0 Å². The summed E-state index contributed by atoms with van der Waals surface area (Å²) in [5.74, 6) is -6.53. The summed E-state index contributed by atoms with van der Waals surface area (Å²) in [6, 6.07) is 28.6. The minimum absolute atomic E-state index is 0.0628. The number of nitrogens with zero attached hydrogens (tertiary/aromatic N) is 1. The molecule has 9 heteroatoms. The molecule has 1 aliphatic heterocycles. The van der Waals surface area contributed by atoms with Crippen LogP contribution < -0.4 is 9.64 Å². The normalized spacial score (nSPS) is 26.8. The van der Waals surface area contributed by atoms with E-state index in [1.54, 1.807) is 36.4 Å². The number of aromatic carboxylic acids is 1. The summed E-state index contributed by atoms with van der Waals surface area (Å²) < 4.78 is 5.58. The van der Waals surface area contributed by atoms with Gasteiger partial charge in [-0.25, -0.2) is 4.79 Å². The number of rotatable bonds is 6. The summed E-state index contributed by atoms with van der Waals surface area (Å²) in [6.45, 7) is 0. The van der Waals surface area contributed by atoms with Crippen LogP contribution in [0.25, 0.3) is 5.57 Å². The molecule has 0 aromatic heterocycles. The second kappa shape index (κ2) is 12.1. The van der Waals surface area contributed by atoms with Crippen molar-refractivity contribution in [2.75, 3.05) is 12.0 Å². The Balaban J connectivity index is 1.36. The third-order valence-electron chi connectivity index (χ3n) is 11.3. The summed E-state index contributed by atoms with van der Waals surface area (Å²) >= 11 is 0. The molecule has 8 rings (SSSR count). The number of ketones is 2. The largest absolute Gasteiger partial charge is 0.508 e. The Labute approximate surface area is 293 Å². The Kier molecular flexibility index (Phi) is 7.59. The van der Waals surface area contributed by atoms with E-state index in [-0.39, 0.29) is 47.0 Å². The lowest BCUT2D eigenvalue weighted by Crippen LogP contribution is -2.58. The summed E-state index contributed by atoms with van der Waals surface area (Å²) in [5.41, 5.74) is 1.13. The maximum Gasteiger partial charge on any atom is 0.335 e. The highest BCUT2D eigenvalue weighted by molar-refractivity contribution is 6.32. The molecule has 3 aliphatic carbocycles. The molecule has 254 valence electrons. The van der Waals surface area contributed by atoms with Crippen LogP contribution in [0.4, 0.5) is 5.69 Å². The minimum Gasteiger partial charge on any atom is -0.508 e. The third-order valence-corrected chi connectivity index (χ3v) is 11.3. The number of amides is 2. The van der Waals surface area contributed by atoms with Gasteiger partial charge in [0.2, 0.25) is 11.8 Å². The lowest BCUT2D eigenvalue weighted by Gasteiger charge is -2.55. The van der Waals surface area contributed by atoms with Gasteiger partial charge in [-0.05, 0) is 72.4 Å². The van der Waals surface area contributed by atoms with Crippen LogP contribution in [0.2, 0.25) is 0 Å². The first-order chi connectivity index (χ1) is 24.7. The van der Waals surface area contributed by atoms with Crippen LogP contribution in [0.3, 0.4) is 0 Å². The molecule has 0 spiro atoms. The van der Waals surface area contributed by atoms with Crippen LogP contribution in [0.1, 0.15) is 45.8 Å². The van der Waals surface area contributed by atoms with Crippen molar-refractivity contribution in [1.29, 1.82) is 0 Å². The first kappa shape index (κ1) is 32.1. The average molecular weight is 680 g/mol. The number of fused-ring (bicyclic) bond motifs is 4. The highest BCUT2D eigenvalue weighted by Crippen LogP contribution is 2.64. The fraction of sp³-hybridized carbons (Fsp3) is 0.214. The molecule has 1 heterocycles. The minimum atomic E-state index is -1.50. The van der Waals surface area contributed by atoms with Gasteiger partial charge in [0.1, 0.15) is 11.5 Å². The molecular weight excluding hydrogens is 646 g/mol. The Hall–Kier alpha value is -6.09. The maximum atomic E-state index is 15.1. The molecule has 0 bridgehead atoms. The van der Waals surface area contributed by atoms with Crippen LogP contribution in [-0.2, 0) is 24.6 Å². The number of carboxylic acids is 1. The van der Waals surface area contributed by atoms with Crippen molar-refractivity contribution < 1.29 is 38.9 Å². The second-order valence-electron chi connectivity index (χ2n) is 13.6. The van der Waals surface area contributed by atoms with E-state index in [0.29, 0.717) is 28.0 Å². The number of methoxy groups -OCH3 is 1. The Morgan fingerprint density at radius 1 is 0.843 bits per heavy atom. The smallest absolute Gasteiger partial charge is 0.335 e. The molecule has 2 fully saturated rings. The lowest BCUT2D eigenvalue weighted by atomic mass is 9.44. The van der Waals surface area contributed by atoms with E-state index in [1.165, 1.54) is 43.5 Å². The molecular formula is C42H33NO8. The number of Topliss-reactive ketones (excluding diaryl/α,β-unsaturated/α-hetero) is 1. The zero-order chi connectivity index (χ0) is 35.6. The SMILES string of the molecule is COc1ccc(O)c([C@H]2C3=CC[C@@H]4C(=O)N(c5cccc(C(=O)O)c5)C(=O)[C@@H]4[C@@H]3C[C@H]3C(=O)C(c4ccccc4)=CC(=O)[C@@]23c2ccccc2)c1. The van der Waals surface area contributed by atoms with E-state index in [0.717, 1.165) is 4.90 Å². The van der Waals surface area contributed by atoms with Gasteiger partial charge >= 0.3 is 5.97 Å². The van der Waals surface area contributed by atoms with Gasteiger partial charge in [0.05, 0.1) is 35.6 Å². The number of phenolic OH excluding ortho intramolecular Hbond substituents is 1. The van der Waals surface area contributed by atoms with Gasteiger partial charge in [0, 0.05) is 23.0 Å². The standard InChI is InChI=1S/C42H33NO8/c1-51-27-15-18-34(44)32(20-27)37-28-16-17-29-36(40(48)43(39(29)47)26-14-8-11-24(19-26)41(49)50)31(28)21-33-38(46)30(23-9-4-2-5-10-23)22-35(45)42(33,37)25-12-6-3-7-13-25/h2-16,18-20,22,29,31,33,36-37,44H,17,21H2,1H3,(H,49,50)/t29-,31+,33-,36-,37+,42-/m0/s1. The van der Waals surface area contributed by atoms with Gasteiger partial charge in [-0.3, -0.25) is 24.1 Å². The Morgan fingerprint density at radius 2 is 1.57 bits per heavy atom. The van der Waals surface area contributed by atoms with Crippen molar-refractivity contribution in [3.8, 4) is 11.5 Å². The van der Waals surface area contributed by atoms with Crippen LogP contribution in [-0.4, -0.2) is 46.7 Å². The van der Waals surface area contributed by atoms with Crippen molar-refractivity contribution >= 4 is 40.6 Å². The molecule has 4 aliphatic rings. The Morgan fingerprint density at radius 3 is 2.27 bits per heavy atom. The molecule has 51 heavy (non-hydrogen) atoms. The third kappa shape index (κ3) is 4.71. The fourth-order valence-electron chi connectivity index (χ4n) is 9.14. The number of carbonyl (C=O) groups excluding carboxylic acids is 4. The average Bonchev–Trinajstić information content (AvgIpc) is 3.42. The van der Waals surface area contributed by atoms with E-state index < -0.39 is 52.8 Å². The van der Waals surface area contributed by atoms with Crippen molar-refractivity contribution in [2.24, 2.45) is 23.7 Å². The van der Waals surface area contributed by atoms with Crippen molar-refractivity contribution in [2.45, 2.75) is 24.2 Å². The first-order valence-corrected chi connectivity index (χ1v) is 16.9. The number of anilines is 1. The van der Waals surface area contributed by atoms with Crippen LogP contribution in [0.5, 0.6) is 11.5 Å². The monoisotopic (exact) mass is 679 g/mol. The summed E-state index contributed by atoms with van der Waals surface area (Å²) in [4.78, 5) is 71.6. The van der Waals surface area contributed by atoms with E-state index >= 15 is 9.59 Å². The number of aromatic hydroxyl groups is 1. The highest BCUT2D eigenvalue weighted by atomic mass is 16.5. The number of allylic oxidation sites excluding steroid dienone is 4. The highest BCUT2D eigenvalue weighted by Gasteiger charge is 2.66. The topological polar surface area (TPSA) is 138 Å². The first-order valence-electron chi connectivity index (χ1n) is 16.9. The number of imide groups is 1. The van der Waals surface area contributed by atoms with Crippen LogP contribution >= 0.6 is 0 Å². The number of hydrogen-bond acceptors (Lipinski definition) is 7. The van der Waals surface area contributed by atoms with Gasteiger partial charge in [-0.15, -0.1) is 0 Å². The zero-order valence-electron chi connectivity index (χ0n) is 27.6. The molecule has 1 saturated heterocycles. The van der Waals surface area contributed by atoms with Crippen molar-refractivity contribution in [3.63, 3.8) is 0 Å². The number of phenols is 1. The number of hydrogen-bond donors (Lipinski definition) is 2. The zero-order valence-corrected chi connectivity index (χ0v) is 27.6. The molecule has 4 aromatic carbocycles. The number of carbonyl (C=O) groups is 5. The van der Waals surface area contributed by atoms with E-state index in [2.05, 4.69) is 0 Å². The molecule has 1 saturated carbocycles. The number of benzene rings is 4. The molecule has 0 radical (unpaired) electrons. The van der Waals surface area contributed by atoms with E-state index in [4.69, 9.17) is 4.74 Å². The second-order valence-corrected chi connectivity index (χ2v) is 13.6. The molecule has 2 amide bonds.